The number of aliphatic hydroxyl groups excluding tert-OH is 1. The Bertz CT molecular complexity index is 1170. The van der Waals surface area contributed by atoms with E-state index in [0.29, 0.717) is 35.2 Å². The molecule has 10 nitrogen and oxygen atoms in total. The summed E-state index contributed by atoms with van der Waals surface area (Å²) in [6.45, 7) is 10.1. The number of anilines is 1. The SMILES string of the molecule is CCOc1cc(C)c2n[n+](CC(=O)c3cc(OCCO)c(OC)c(C(C)(C)C)c3)c(N)n2n1. The Morgan fingerprint density at radius 3 is 2.58 bits per heavy atom. The van der Waals surface area contributed by atoms with E-state index in [1.807, 2.05) is 34.6 Å². The van der Waals surface area contributed by atoms with Crippen LogP contribution in [0.1, 0.15) is 49.2 Å². The van der Waals surface area contributed by atoms with E-state index >= 15 is 0 Å². The first kappa shape index (κ1) is 24.2. The van der Waals surface area contributed by atoms with Crippen LogP contribution in [0.5, 0.6) is 17.4 Å². The minimum absolute atomic E-state index is 0.0822. The van der Waals surface area contributed by atoms with Gasteiger partial charge in [0.1, 0.15) is 6.61 Å². The number of benzene rings is 1. The second kappa shape index (κ2) is 9.62. The molecule has 3 aromatic rings. The van der Waals surface area contributed by atoms with Crippen LogP contribution in [0.2, 0.25) is 0 Å². The number of aliphatic hydroxyl groups is 1. The van der Waals surface area contributed by atoms with Crippen molar-refractivity contribution < 1.29 is 28.8 Å². The minimum atomic E-state index is -0.315. The smallest absolute Gasteiger partial charge is 0.401 e. The second-order valence-corrected chi connectivity index (χ2v) is 8.65. The number of Topliss-reactive ketones (excluding diaryl/α,β-unsaturated/α-hetero) is 1. The molecule has 2 heterocycles. The first-order valence-electron chi connectivity index (χ1n) is 10.8. The lowest BCUT2D eigenvalue weighted by Crippen LogP contribution is -2.42. The van der Waals surface area contributed by atoms with Crippen LogP contribution in [0, 0.1) is 6.92 Å². The fourth-order valence-corrected chi connectivity index (χ4v) is 3.50. The van der Waals surface area contributed by atoms with Crippen molar-refractivity contribution >= 4 is 17.4 Å². The summed E-state index contributed by atoms with van der Waals surface area (Å²) in [6, 6.07) is 5.20. The van der Waals surface area contributed by atoms with Crippen molar-refractivity contribution in [3.8, 4) is 17.4 Å². The number of carbonyl (C=O) groups is 1. The standard InChI is InChI=1S/C23H31N5O5/c1-7-32-19-10-14(2)21-26-27(22(24)28(21)25-19)13-17(30)15-11-16(23(3,4)5)20(31-6)18(12-15)33-9-8-29/h10-12,24,29H,7-9,13H2,1-6H3/p+1. The molecule has 0 aliphatic rings. The largest absolute Gasteiger partial charge is 0.493 e. The Kier molecular flexibility index (Phi) is 7.06. The number of rotatable bonds is 9. The highest BCUT2D eigenvalue weighted by Gasteiger charge is 2.27. The lowest BCUT2D eigenvalue weighted by molar-refractivity contribution is -0.723. The normalized spacial score (nSPS) is 11.6. The Morgan fingerprint density at radius 1 is 1.24 bits per heavy atom. The van der Waals surface area contributed by atoms with E-state index < -0.39 is 0 Å². The predicted molar refractivity (Wildman–Crippen MR) is 122 cm³/mol. The number of fused-ring (bicyclic) bond motifs is 1. The average Bonchev–Trinajstić information content (AvgIpc) is 3.07. The molecule has 0 aliphatic heterocycles. The maximum Gasteiger partial charge on any atom is 0.401 e. The maximum absolute atomic E-state index is 13.3. The Hall–Kier alpha value is -3.40. The molecule has 0 saturated carbocycles. The number of ether oxygens (including phenoxy) is 3. The highest BCUT2D eigenvalue weighted by molar-refractivity contribution is 5.96. The maximum atomic E-state index is 13.3. The van der Waals surface area contributed by atoms with Gasteiger partial charge < -0.3 is 19.3 Å². The van der Waals surface area contributed by atoms with Gasteiger partial charge in [-0.25, -0.2) is 0 Å². The monoisotopic (exact) mass is 458 g/mol. The second-order valence-electron chi connectivity index (χ2n) is 8.65. The zero-order valence-electron chi connectivity index (χ0n) is 20.0. The summed E-state index contributed by atoms with van der Waals surface area (Å²) in [6.07, 6.45) is 0. The van der Waals surface area contributed by atoms with Crippen LogP contribution in [0.3, 0.4) is 0 Å². The topological polar surface area (TPSA) is 125 Å². The van der Waals surface area contributed by atoms with E-state index in [1.165, 1.54) is 9.20 Å². The number of aryl methyl sites for hydroxylation is 1. The number of methoxy groups -OCH3 is 1. The van der Waals surface area contributed by atoms with E-state index in [1.54, 1.807) is 25.3 Å². The Morgan fingerprint density at radius 2 is 1.97 bits per heavy atom. The highest BCUT2D eigenvalue weighted by atomic mass is 16.5. The van der Waals surface area contributed by atoms with Gasteiger partial charge in [0.2, 0.25) is 5.88 Å². The summed E-state index contributed by atoms with van der Waals surface area (Å²) in [4.78, 5) is 13.3. The van der Waals surface area contributed by atoms with Gasteiger partial charge in [-0.05, 0) is 31.4 Å². The van der Waals surface area contributed by atoms with Crippen LogP contribution in [-0.2, 0) is 12.0 Å². The van der Waals surface area contributed by atoms with Gasteiger partial charge in [0, 0.05) is 22.8 Å². The number of hydrogen-bond donors (Lipinski definition) is 2. The number of hydrogen-bond acceptors (Lipinski definition) is 8. The summed E-state index contributed by atoms with van der Waals surface area (Å²) in [5, 5.41) is 18.0. The molecule has 1 aromatic carbocycles. The quantitative estimate of drug-likeness (QED) is 0.368. The summed E-state index contributed by atoms with van der Waals surface area (Å²) in [5.41, 5.74) is 8.56. The third-order valence-electron chi connectivity index (χ3n) is 5.11. The molecule has 178 valence electrons. The molecule has 0 aliphatic carbocycles. The lowest BCUT2D eigenvalue weighted by atomic mass is 9.84. The van der Waals surface area contributed by atoms with Gasteiger partial charge in [0.25, 0.3) is 5.65 Å². The predicted octanol–water partition coefficient (Wildman–Crippen LogP) is 1.87. The molecular weight excluding hydrogens is 426 g/mol. The first-order chi connectivity index (χ1) is 15.6. The molecule has 3 N–H and O–H groups in total. The molecule has 0 spiro atoms. The highest BCUT2D eigenvalue weighted by Crippen LogP contribution is 2.39. The molecule has 10 heteroatoms. The van der Waals surface area contributed by atoms with Crippen LogP contribution >= 0.6 is 0 Å². The zero-order valence-corrected chi connectivity index (χ0v) is 20.0. The van der Waals surface area contributed by atoms with Crippen molar-refractivity contribution in [3.05, 3.63) is 34.9 Å². The van der Waals surface area contributed by atoms with E-state index in [2.05, 4.69) is 10.2 Å². The number of carbonyl (C=O) groups excluding carboxylic acids is 1. The minimum Gasteiger partial charge on any atom is -0.493 e. The molecule has 33 heavy (non-hydrogen) atoms. The van der Waals surface area contributed by atoms with Crippen molar-refractivity contribution in [3.63, 3.8) is 0 Å². The lowest BCUT2D eigenvalue weighted by Gasteiger charge is -2.24. The van der Waals surface area contributed by atoms with Crippen molar-refractivity contribution in [2.75, 3.05) is 32.7 Å². The van der Waals surface area contributed by atoms with Gasteiger partial charge >= 0.3 is 5.95 Å². The van der Waals surface area contributed by atoms with E-state index in [9.17, 15) is 9.90 Å². The zero-order chi connectivity index (χ0) is 24.3. The molecule has 0 saturated heterocycles. The third kappa shape index (κ3) is 5.00. The molecule has 0 fully saturated rings. The fourth-order valence-electron chi connectivity index (χ4n) is 3.50. The molecule has 0 atom stereocenters. The Balaban J connectivity index is 2.02. The molecule has 3 rings (SSSR count). The van der Waals surface area contributed by atoms with Crippen molar-refractivity contribution in [1.82, 2.24) is 14.7 Å². The van der Waals surface area contributed by atoms with Crippen LogP contribution < -0.4 is 24.6 Å². The van der Waals surface area contributed by atoms with Crippen molar-refractivity contribution in [2.24, 2.45) is 0 Å². The third-order valence-corrected chi connectivity index (χ3v) is 5.11. The summed E-state index contributed by atoms with van der Waals surface area (Å²) < 4.78 is 19.6. The molecule has 2 aromatic heterocycles. The van der Waals surface area contributed by atoms with E-state index in [0.717, 1.165) is 11.1 Å². The van der Waals surface area contributed by atoms with Crippen LogP contribution in [0.4, 0.5) is 5.95 Å². The molecule has 0 unspecified atom stereocenters. The number of ketones is 1. The molecule has 0 radical (unpaired) electrons. The van der Waals surface area contributed by atoms with Crippen molar-refractivity contribution in [1.29, 1.82) is 0 Å². The number of aromatic nitrogens is 4. The van der Waals surface area contributed by atoms with Gasteiger partial charge in [-0.2, -0.15) is 0 Å². The number of nitrogen functional groups attached to an aromatic ring is 1. The summed E-state index contributed by atoms with van der Waals surface area (Å²) >= 11 is 0. The summed E-state index contributed by atoms with van der Waals surface area (Å²) in [7, 11) is 1.55. The van der Waals surface area contributed by atoms with E-state index in [4.69, 9.17) is 19.9 Å². The fraction of sp³-hybridized carbons (Fsp3) is 0.478. The van der Waals surface area contributed by atoms with Crippen LogP contribution in [0.15, 0.2) is 18.2 Å². The molecular formula is C23H32N5O5+. The van der Waals surface area contributed by atoms with Crippen molar-refractivity contribution in [2.45, 2.75) is 46.6 Å². The van der Waals surface area contributed by atoms with Gasteiger partial charge in [-0.3, -0.25) is 10.5 Å². The molecule has 0 bridgehead atoms. The average molecular weight is 459 g/mol. The van der Waals surface area contributed by atoms with Gasteiger partial charge in [0.15, 0.2) is 23.8 Å². The van der Waals surface area contributed by atoms with Crippen LogP contribution in [0.25, 0.3) is 5.65 Å². The number of nitrogens with two attached hydrogens (primary N) is 1. The molecule has 0 amide bonds. The summed E-state index contributed by atoms with van der Waals surface area (Å²) in [5.74, 6) is 1.37. The van der Waals surface area contributed by atoms with E-state index in [-0.39, 0.29) is 36.9 Å². The number of nitrogens with zero attached hydrogens (tertiary/aromatic N) is 4. The van der Waals surface area contributed by atoms with Gasteiger partial charge in [-0.15, -0.1) is 4.68 Å². The van der Waals surface area contributed by atoms with Crippen LogP contribution in [-0.4, -0.2) is 52.5 Å². The van der Waals surface area contributed by atoms with Gasteiger partial charge in [-0.1, -0.05) is 35.5 Å². The first-order valence-corrected chi connectivity index (χ1v) is 10.8. The Labute approximate surface area is 192 Å². The van der Waals surface area contributed by atoms with Gasteiger partial charge in [0.05, 0.1) is 20.3 Å².